The highest BCUT2D eigenvalue weighted by Crippen LogP contribution is 2.39. The lowest BCUT2D eigenvalue weighted by Gasteiger charge is -2.40. The van der Waals surface area contributed by atoms with E-state index in [0.29, 0.717) is 43.9 Å². The summed E-state index contributed by atoms with van der Waals surface area (Å²) in [7, 11) is 1.88. The molecule has 1 fully saturated rings. The average molecular weight is 638 g/mol. The maximum Gasteiger partial charge on any atom is 0.416 e. The van der Waals surface area contributed by atoms with E-state index < -0.39 is 58.8 Å². The van der Waals surface area contributed by atoms with Crippen LogP contribution in [0.2, 0.25) is 0 Å². The zero-order valence-corrected chi connectivity index (χ0v) is 24.0. The third kappa shape index (κ3) is 6.34. The first-order valence-electron chi connectivity index (χ1n) is 13.9. The van der Waals surface area contributed by atoms with Gasteiger partial charge in [-0.3, -0.25) is 14.4 Å². The van der Waals surface area contributed by atoms with Crippen LogP contribution in [0.1, 0.15) is 22.3 Å². The fourth-order valence-corrected chi connectivity index (χ4v) is 5.47. The second-order valence-electron chi connectivity index (χ2n) is 11.0. The monoisotopic (exact) mass is 637 g/mol. The van der Waals surface area contributed by atoms with Crippen molar-refractivity contribution in [3.05, 3.63) is 88.3 Å². The number of piperazine rings is 1. The summed E-state index contributed by atoms with van der Waals surface area (Å²) in [6.07, 6.45) is -8.90. The number of hydrogen-bond donors (Lipinski definition) is 2. The summed E-state index contributed by atoms with van der Waals surface area (Å²) < 4.78 is 86.9. The number of nitrogens with zero attached hydrogens (tertiary/aromatic N) is 3. The maximum absolute atomic E-state index is 14.1. The summed E-state index contributed by atoms with van der Waals surface area (Å²) in [5.74, 6) is -2.79. The number of ether oxygens (including phenoxy) is 1. The van der Waals surface area contributed by atoms with Gasteiger partial charge in [0.25, 0.3) is 17.7 Å². The Balaban J connectivity index is 1.57. The van der Waals surface area contributed by atoms with E-state index in [1.165, 1.54) is 11.0 Å². The largest absolute Gasteiger partial charge is 0.477 e. The van der Waals surface area contributed by atoms with Crippen molar-refractivity contribution in [3.63, 3.8) is 0 Å². The van der Waals surface area contributed by atoms with Gasteiger partial charge in [-0.1, -0.05) is 30.3 Å². The normalized spacial score (nSPS) is 21.4. The van der Waals surface area contributed by atoms with Crippen molar-refractivity contribution >= 4 is 23.3 Å². The summed E-state index contributed by atoms with van der Waals surface area (Å²) >= 11 is 0. The van der Waals surface area contributed by atoms with E-state index in [0.717, 1.165) is 4.90 Å². The van der Waals surface area contributed by atoms with Crippen LogP contribution in [0.5, 0.6) is 0 Å². The molecule has 3 heterocycles. The highest BCUT2D eigenvalue weighted by Gasteiger charge is 2.51. The molecule has 1 atom stereocenters. The number of primary amides is 1. The minimum absolute atomic E-state index is 0.0135. The molecule has 2 aromatic carbocycles. The SMILES string of the molecule is CN1CCN(C(=O)C2(C(N)=O)C=C(c3ccccc3)C3=C(N2)OCCN(Cc2cc(C(F)(F)F)cc(C(F)(F)F)c2)C3=O)CC1. The van der Waals surface area contributed by atoms with Crippen molar-refractivity contribution in [1.82, 2.24) is 20.0 Å². The van der Waals surface area contributed by atoms with Crippen molar-refractivity contribution in [2.45, 2.75) is 24.4 Å². The van der Waals surface area contributed by atoms with E-state index in [1.54, 1.807) is 30.3 Å². The Bertz CT molecular complexity index is 1530. The lowest BCUT2D eigenvalue weighted by atomic mass is 9.84. The first-order chi connectivity index (χ1) is 21.1. The molecule has 1 unspecified atom stereocenters. The van der Waals surface area contributed by atoms with Gasteiger partial charge in [-0.15, -0.1) is 0 Å². The maximum atomic E-state index is 14.1. The predicted octanol–water partition coefficient (Wildman–Crippen LogP) is 2.98. The number of halogens is 6. The quantitative estimate of drug-likeness (QED) is 0.386. The Labute approximate surface area is 253 Å². The van der Waals surface area contributed by atoms with Crippen LogP contribution in [0.25, 0.3) is 5.57 Å². The highest BCUT2D eigenvalue weighted by molar-refractivity contribution is 6.18. The Morgan fingerprint density at radius 1 is 0.933 bits per heavy atom. The average Bonchev–Trinajstić information content (AvgIpc) is 3.14. The summed E-state index contributed by atoms with van der Waals surface area (Å²) in [4.78, 5) is 45.6. The summed E-state index contributed by atoms with van der Waals surface area (Å²) in [6, 6.07) is 9.34. The van der Waals surface area contributed by atoms with Crippen molar-refractivity contribution in [2.75, 3.05) is 46.4 Å². The molecule has 2 aromatic rings. The third-order valence-electron chi connectivity index (χ3n) is 7.90. The van der Waals surface area contributed by atoms with E-state index in [9.17, 15) is 40.7 Å². The van der Waals surface area contributed by atoms with Gasteiger partial charge in [0.15, 0.2) is 0 Å². The van der Waals surface area contributed by atoms with Gasteiger partial charge in [0.2, 0.25) is 11.4 Å². The number of carbonyl (C=O) groups excluding carboxylic acids is 3. The van der Waals surface area contributed by atoms with Gasteiger partial charge in [0.05, 0.1) is 17.7 Å². The first kappa shape index (κ1) is 31.9. The topological polar surface area (TPSA) is 108 Å². The molecular formula is C30H29F6N5O4. The number of likely N-dealkylation sites (N-methyl/N-ethyl adjacent to an activating group) is 1. The molecule has 240 valence electrons. The first-order valence-corrected chi connectivity index (χ1v) is 13.9. The highest BCUT2D eigenvalue weighted by atomic mass is 19.4. The van der Waals surface area contributed by atoms with Gasteiger partial charge in [0.1, 0.15) is 12.2 Å². The van der Waals surface area contributed by atoms with Crippen molar-refractivity contribution in [1.29, 1.82) is 0 Å². The zero-order chi connectivity index (χ0) is 32.7. The van der Waals surface area contributed by atoms with E-state index in [2.05, 4.69) is 5.32 Å². The van der Waals surface area contributed by atoms with Crippen LogP contribution >= 0.6 is 0 Å². The molecule has 15 heteroatoms. The van der Waals surface area contributed by atoms with Gasteiger partial charge >= 0.3 is 12.4 Å². The second-order valence-corrected chi connectivity index (χ2v) is 11.0. The molecule has 1 saturated heterocycles. The van der Waals surface area contributed by atoms with Crippen molar-refractivity contribution < 1.29 is 45.5 Å². The Morgan fingerprint density at radius 2 is 1.53 bits per heavy atom. The molecule has 3 N–H and O–H groups in total. The van der Waals surface area contributed by atoms with Crippen LogP contribution < -0.4 is 11.1 Å². The molecule has 5 rings (SSSR count). The number of carbonyl (C=O) groups is 3. The molecule has 0 bridgehead atoms. The van der Waals surface area contributed by atoms with Crippen LogP contribution in [-0.4, -0.2) is 84.3 Å². The predicted molar refractivity (Wildman–Crippen MR) is 148 cm³/mol. The van der Waals surface area contributed by atoms with Crippen LogP contribution in [0.4, 0.5) is 26.3 Å². The van der Waals surface area contributed by atoms with Gasteiger partial charge in [-0.05, 0) is 48.0 Å². The van der Waals surface area contributed by atoms with E-state index in [4.69, 9.17) is 10.5 Å². The van der Waals surface area contributed by atoms with Crippen LogP contribution in [0.3, 0.4) is 0 Å². The summed E-state index contributed by atoms with van der Waals surface area (Å²) in [6.45, 7) is 0.577. The Morgan fingerprint density at radius 3 is 2.09 bits per heavy atom. The summed E-state index contributed by atoms with van der Waals surface area (Å²) in [5.41, 5.74) is 0.574. The number of dihydropyridines is 1. The number of nitrogens with two attached hydrogens (primary N) is 1. The second kappa shape index (κ2) is 11.8. The fourth-order valence-electron chi connectivity index (χ4n) is 5.47. The van der Waals surface area contributed by atoms with Gasteiger partial charge in [0, 0.05) is 32.7 Å². The van der Waals surface area contributed by atoms with Crippen LogP contribution in [0.15, 0.2) is 66.1 Å². The van der Waals surface area contributed by atoms with E-state index in [1.807, 2.05) is 11.9 Å². The number of rotatable bonds is 5. The lowest BCUT2D eigenvalue weighted by molar-refractivity contribution is -0.145. The Hall–Kier alpha value is -4.53. The van der Waals surface area contributed by atoms with E-state index in [-0.39, 0.29) is 36.2 Å². The fraction of sp³-hybridized carbons (Fsp3) is 0.367. The lowest BCUT2D eigenvalue weighted by Crippen LogP contribution is -2.66. The molecule has 0 aliphatic carbocycles. The number of hydrogen-bond acceptors (Lipinski definition) is 6. The molecule has 3 aliphatic heterocycles. The number of nitrogens with one attached hydrogen (secondary N) is 1. The number of benzene rings is 2. The zero-order valence-electron chi connectivity index (χ0n) is 24.0. The van der Waals surface area contributed by atoms with Crippen LogP contribution in [0, 0.1) is 0 Å². The third-order valence-corrected chi connectivity index (χ3v) is 7.90. The van der Waals surface area contributed by atoms with E-state index >= 15 is 0 Å². The number of alkyl halides is 6. The molecule has 3 aliphatic rings. The van der Waals surface area contributed by atoms with Crippen molar-refractivity contribution in [2.24, 2.45) is 5.73 Å². The summed E-state index contributed by atoms with van der Waals surface area (Å²) in [5, 5.41) is 2.75. The molecule has 9 nitrogen and oxygen atoms in total. The molecule has 0 spiro atoms. The molecule has 0 radical (unpaired) electrons. The molecule has 0 aromatic heterocycles. The minimum Gasteiger partial charge on any atom is -0.477 e. The minimum atomic E-state index is -5.07. The van der Waals surface area contributed by atoms with Gasteiger partial charge in [-0.25, -0.2) is 0 Å². The molecule has 0 saturated carbocycles. The molecule has 45 heavy (non-hydrogen) atoms. The van der Waals surface area contributed by atoms with Crippen molar-refractivity contribution in [3.8, 4) is 0 Å². The molecular weight excluding hydrogens is 608 g/mol. The van der Waals surface area contributed by atoms with Gasteiger partial charge in [-0.2, -0.15) is 26.3 Å². The van der Waals surface area contributed by atoms with Gasteiger partial charge < -0.3 is 30.5 Å². The van der Waals surface area contributed by atoms with Crippen LogP contribution in [-0.2, 0) is 38.0 Å². The standard InChI is InChI=1S/C30H29F6N5O4/c1-39-7-9-40(10-8-39)27(44)28(26(37)43)16-22(19-5-3-2-4-6-19)23-24(38-28)45-12-11-41(25(23)42)17-18-13-20(29(31,32)33)15-21(14-18)30(34,35)36/h2-6,13-16,38H,7-12,17H2,1H3,(H2,37,43). The Kier molecular flexibility index (Phi) is 8.33. The number of amides is 3. The molecule has 3 amide bonds. The smallest absolute Gasteiger partial charge is 0.416 e.